The molecule has 0 aliphatic rings. The van der Waals surface area contributed by atoms with Crippen molar-refractivity contribution in [3.63, 3.8) is 0 Å². The van der Waals surface area contributed by atoms with E-state index in [1.54, 1.807) is 12.1 Å². The Morgan fingerprint density at radius 3 is 1.87 bits per heavy atom. The van der Waals surface area contributed by atoms with Gasteiger partial charge in [-0.1, -0.05) is 84.4 Å². The molecule has 4 aromatic rings. The molecule has 0 saturated carbocycles. The number of hydrogen-bond acceptors (Lipinski definition) is 2. The van der Waals surface area contributed by atoms with Gasteiger partial charge in [-0.3, -0.25) is 4.79 Å². The summed E-state index contributed by atoms with van der Waals surface area (Å²) in [6.45, 7) is 6.67. The quantitative estimate of drug-likeness (QED) is 0.224. The van der Waals surface area contributed by atoms with Crippen molar-refractivity contribution < 1.29 is 13.9 Å². The molecule has 0 aliphatic carbocycles. The van der Waals surface area contributed by atoms with Crippen LogP contribution in [0.4, 0.5) is 4.39 Å². The lowest BCUT2D eigenvalue weighted by Gasteiger charge is -2.21. The molecule has 38 heavy (non-hydrogen) atoms. The van der Waals surface area contributed by atoms with Gasteiger partial charge in [0.05, 0.1) is 6.10 Å². The van der Waals surface area contributed by atoms with E-state index in [9.17, 15) is 9.18 Å². The summed E-state index contributed by atoms with van der Waals surface area (Å²) in [5.41, 5.74) is 5.59. The monoisotopic (exact) mass is 509 g/mol. The van der Waals surface area contributed by atoms with Gasteiger partial charge < -0.3 is 10.1 Å². The van der Waals surface area contributed by atoms with Gasteiger partial charge in [0, 0.05) is 24.8 Å². The number of hydrogen-bond donors (Lipinski definition) is 1. The zero-order chi connectivity index (χ0) is 26.9. The number of aryl methyl sites for hydroxylation is 1. The fourth-order valence-electron chi connectivity index (χ4n) is 4.80. The standard InChI is InChI=1S/C34H36FNO2/c1-24(2)38-31-19-15-28(16-20-31)32(27-11-9-25(3)10-12-27)21-22-36-34(37)23-33(26-7-5-4-6-8-26)29-13-17-30(35)18-14-29/h4-20,24,32-33H,21-23H2,1-3H3,(H,36,37)/t32-,33+/m0/s1. The first-order valence-electron chi connectivity index (χ1n) is 13.3. The highest BCUT2D eigenvalue weighted by Crippen LogP contribution is 2.31. The third kappa shape index (κ3) is 7.55. The first-order valence-corrected chi connectivity index (χ1v) is 13.3. The maximum absolute atomic E-state index is 13.6. The van der Waals surface area contributed by atoms with Gasteiger partial charge in [0.2, 0.25) is 5.91 Å². The molecule has 0 aliphatic heterocycles. The van der Waals surface area contributed by atoms with E-state index < -0.39 is 0 Å². The minimum atomic E-state index is -0.282. The maximum Gasteiger partial charge on any atom is 0.220 e. The molecule has 0 aromatic heterocycles. The van der Waals surface area contributed by atoms with Gasteiger partial charge >= 0.3 is 0 Å². The van der Waals surface area contributed by atoms with Crippen LogP contribution in [0.5, 0.6) is 5.75 Å². The van der Waals surface area contributed by atoms with Crippen LogP contribution in [0.3, 0.4) is 0 Å². The zero-order valence-electron chi connectivity index (χ0n) is 22.4. The maximum atomic E-state index is 13.6. The Balaban J connectivity index is 1.45. The van der Waals surface area contributed by atoms with Crippen molar-refractivity contribution in [2.75, 3.05) is 6.54 Å². The first kappa shape index (κ1) is 27.1. The lowest BCUT2D eigenvalue weighted by molar-refractivity contribution is -0.121. The average molecular weight is 510 g/mol. The van der Waals surface area contributed by atoms with Gasteiger partial charge in [-0.05, 0) is 73.7 Å². The second-order valence-corrected chi connectivity index (χ2v) is 10.1. The molecule has 3 nitrogen and oxygen atoms in total. The summed E-state index contributed by atoms with van der Waals surface area (Å²) in [6.07, 6.45) is 1.19. The van der Waals surface area contributed by atoms with E-state index in [1.807, 2.05) is 56.3 Å². The van der Waals surface area contributed by atoms with Gasteiger partial charge in [0.25, 0.3) is 0 Å². The molecule has 196 valence electrons. The highest BCUT2D eigenvalue weighted by atomic mass is 19.1. The predicted octanol–water partition coefficient (Wildman–Crippen LogP) is 7.78. The Bertz CT molecular complexity index is 1280. The van der Waals surface area contributed by atoms with Gasteiger partial charge in [-0.25, -0.2) is 4.39 Å². The van der Waals surface area contributed by atoms with Crippen LogP contribution in [-0.2, 0) is 4.79 Å². The van der Waals surface area contributed by atoms with Crippen LogP contribution in [0.25, 0.3) is 0 Å². The summed E-state index contributed by atoms with van der Waals surface area (Å²) in [7, 11) is 0. The summed E-state index contributed by atoms with van der Waals surface area (Å²) in [6, 6.07) is 33.2. The van der Waals surface area contributed by atoms with Gasteiger partial charge in [0.15, 0.2) is 0 Å². The Morgan fingerprint density at radius 2 is 1.26 bits per heavy atom. The van der Waals surface area contributed by atoms with E-state index in [0.717, 1.165) is 23.3 Å². The number of benzene rings is 4. The van der Waals surface area contributed by atoms with Crippen molar-refractivity contribution >= 4 is 5.91 Å². The number of carbonyl (C=O) groups is 1. The van der Waals surface area contributed by atoms with Crippen molar-refractivity contribution in [1.29, 1.82) is 0 Å². The molecule has 0 radical (unpaired) electrons. The number of rotatable bonds is 11. The van der Waals surface area contributed by atoms with Crippen molar-refractivity contribution in [2.24, 2.45) is 0 Å². The smallest absolute Gasteiger partial charge is 0.220 e. The van der Waals surface area contributed by atoms with Crippen LogP contribution in [-0.4, -0.2) is 18.6 Å². The van der Waals surface area contributed by atoms with E-state index in [1.165, 1.54) is 28.8 Å². The predicted molar refractivity (Wildman–Crippen MR) is 152 cm³/mol. The number of carbonyl (C=O) groups excluding carboxylic acids is 1. The largest absolute Gasteiger partial charge is 0.491 e. The van der Waals surface area contributed by atoms with E-state index in [-0.39, 0.29) is 29.7 Å². The van der Waals surface area contributed by atoms with Gasteiger partial charge in [-0.15, -0.1) is 0 Å². The summed E-state index contributed by atoms with van der Waals surface area (Å²) in [5.74, 6) is 0.555. The Labute approximate surface area is 225 Å². The Kier molecular flexibility index (Phi) is 9.31. The van der Waals surface area contributed by atoms with Crippen LogP contribution in [0.2, 0.25) is 0 Å². The first-order chi connectivity index (χ1) is 18.4. The van der Waals surface area contributed by atoms with Gasteiger partial charge in [-0.2, -0.15) is 0 Å². The van der Waals surface area contributed by atoms with Crippen LogP contribution in [0.1, 0.15) is 66.3 Å². The molecular formula is C34H36FNO2. The minimum absolute atomic E-state index is 0.0217. The third-order valence-electron chi connectivity index (χ3n) is 6.75. The highest BCUT2D eigenvalue weighted by Gasteiger charge is 2.20. The van der Waals surface area contributed by atoms with Crippen LogP contribution in [0, 0.1) is 12.7 Å². The van der Waals surface area contributed by atoms with Crippen molar-refractivity contribution in [2.45, 2.75) is 51.6 Å². The molecule has 4 heteroatoms. The molecule has 0 fully saturated rings. The number of nitrogens with one attached hydrogen (secondary N) is 1. The number of halogens is 1. The third-order valence-corrected chi connectivity index (χ3v) is 6.75. The second kappa shape index (κ2) is 13.0. The van der Waals surface area contributed by atoms with Crippen molar-refractivity contribution in [3.8, 4) is 5.75 Å². The molecule has 1 N–H and O–H groups in total. The Morgan fingerprint density at radius 1 is 0.737 bits per heavy atom. The number of amides is 1. The summed E-state index contributed by atoms with van der Waals surface area (Å²) in [5, 5.41) is 3.15. The van der Waals surface area contributed by atoms with Crippen LogP contribution in [0.15, 0.2) is 103 Å². The van der Waals surface area contributed by atoms with E-state index >= 15 is 0 Å². The average Bonchev–Trinajstić information content (AvgIpc) is 2.92. The molecule has 0 heterocycles. The second-order valence-electron chi connectivity index (χ2n) is 10.1. The van der Waals surface area contributed by atoms with Crippen molar-refractivity contribution in [3.05, 3.63) is 137 Å². The molecule has 0 saturated heterocycles. The normalized spacial score (nSPS) is 12.7. The molecule has 2 atom stereocenters. The van der Waals surface area contributed by atoms with Crippen LogP contribution < -0.4 is 10.1 Å². The summed E-state index contributed by atoms with van der Waals surface area (Å²) in [4.78, 5) is 13.1. The fraction of sp³-hybridized carbons (Fsp3) is 0.265. The fourth-order valence-corrected chi connectivity index (χ4v) is 4.80. The van der Waals surface area contributed by atoms with E-state index in [2.05, 4.69) is 48.6 Å². The Hall–Kier alpha value is -3.92. The van der Waals surface area contributed by atoms with Crippen molar-refractivity contribution in [1.82, 2.24) is 5.32 Å². The summed E-state index contributed by atoms with van der Waals surface area (Å²) < 4.78 is 19.4. The topological polar surface area (TPSA) is 38.3 Å². The minimum Gasteiger partial charge on any atom is -0.491 e. The van der Waals surface area contributed by atoms with Gasteiger partial charge in [0.1, 0.15) is 11.6 Å². The highest BCUT2D eigenvalue weighted by molar-refractivity contribution is 5.77. The lowest BCUT2D eigenvalue weighted by Crippen LogP contribution is -2.27. The number of ether oxygens (including phenoxy) is 1. The van der Waals surface area contributed by atoms with E-state index in [0.29, 0.717) is 13.0 Å². The molecule has 4 rings (SSSR count). The molecular weight excluding hydrogens is 473 g/mol. The SMILES string of the molecule is Cc1ccc([C@H](CCNC(=O)C[C@H](c2ccccc2)c2ccc(F)cc2)c2ccc(OC(C)C)cc2)cc1. The molecule has 4 aromatic carbocycles. The molecule has 0 spiro atoms. The summed E-state index contributed by atoms with van der Waals surface area (Å²) >= 11 is 0. The van der Waals surface area contributed by atoms with Crippen LogP contribution >= 0.6 is 0 Å². The zero-order valence-corrected chi connectivity index (χ0v) is 22.4. The van der Waals surface area contributed by atoms with E-state index in [4.69, 9.17) is 4.74 Å². The molecule has 0 unspecified atom stereocenters. The molecule has 1 amide bonds. The molecule has 0 bridgehead atoms. The lowest BCUT2D eigenvalue weighted by atomic mass is 9.87.